The summed E-state index contributed by atoms with van der Waals surface area (Å²) < 4.78 is 0. The van der Waals surface area contributed by atoms with E-state index in [0.29, 0.717) is 11.7 Å². The van der Waals surface area contributed by atoms with Crippen molar-refractivity contribution in [2.24, 2.45) is 0 Å². The number of likely N-dealkylation sites (N-methyl/N-ethyl adjacent to an activating group) is 1. The van der Waals surface area contributed by atoms with Crippen molar-refractivity contribution in [3.63, 3.8) is 0 Å². The molecule has 0 spiro atoms. The van der Waals surface area contributed by atoms with Gasteiger partial charge in [0.25, 0.3) is 5.91 Å². The van der Waals surface area contributed by atoms with Crippen molar-refractivity contribution in [3.8, 4) is 0 Å². The average Bonchev–Trinajstić information content (AvgIpc) is 3.14. The van der Waals surface area contributed by atoms with Crippen LogP contribution in [0.4, 0.5) is 0 Å². The molecule has 1 aromatic carbocycles. The monoisotopic (exact) mass is 311 g/mol. The molecule has 0 saturated carbocycles. The highest BCUT2D eigenvalue weighted by Crippen LogP contribution is 2.17. The fourth-order valence-corrected chi connectivity index (χ4v) is 3.27. The van der Waals surface area contributed by atoms with Gasteiger partial charge in [-0.2, -0.15) is 0 Å². The van der Waals surface area contributed by atoms with Crippen molar-refractivity contribution < 1.29 is 4.79 Å². The van der Waals surface area contributed by atoms with Crippen LogP contribution >= 0.6 is 0 Å². The molecule has 1 aromatic heterocycles. The van der Waals surface area contributed by atoms with Gasteiger partial charge >= 0.3 is 0 Å². The third-order valence-electron chi connectivity index (χ3n) is 4.73. The van der Waals surface area contributed by atoms with Crippen LogP contribution in [0.2, 0.25) is 0 Å². The van der Waals surface area contributed by atoms with Gasteiger partial charge in [-0.3, -0.25) is 4.79 Å². The molecule has 4 nitrogen and oxygen atoms in total. The quantitative estimate of drug-likeness (QED) is 0.922. The fraction of sp³-hybridized carbons (Fsp3) is 0.421. The summed E-state index contributed by atoms with van der Waals surface area (Å²) in [6, 6.07) is 14.8. The number of likely N-dealkylation sites (tertiary alicyclic amines) is 1. The third-order valence-corrected chi connectivity index (χ3v) is 4.73. The Kier molecular flexibility index (Phi) is 5.13. The minimum Gasteiger partial charge on any atom is -0.357 e. The Labute approximate surface area is 138 Å². The Morgan fingerprint density at radius 1 is 1.26 bits per heavy atom. The smallest absolute Gasteiger partial charge is 0.270 e. The van der Waals surface area contributed by atoms with Crippen LogP contribution in [0.5, 0.6) is 0 Å². The zero-order valence-corrected chi connectivity index (χ0v) is 13.7. The summed E-state index contributed by atoms with van der Waals surface area (Å²) >= 11 is 0. The second kappa shape index (κ2) is 7.47. The first-order valence-corrected chi connectivity index (χ1v) is 8.41. The van der Waals surface area contributed by atoms with E-state index in [9.17, 15) is 4.79 Å². The van der Waals surface area contributed by atoms with Crippen molar-refractivity contribution in [2.45, 2.75) is 25.3 Å². The molecule has 23 heavy (non-hydrogen) atoms. The molecule has 1 aliphatic rings. The first-order chi connectivity index (χ1) is 11.2. The molecule has 2 aromatic rings. The van der Waals surface area contributed by atoms with Gasteiger partial charge in [-0.25, -0.2) is 0 Å². The number of piperidine rings is 1. The van der Waals surface area contributed by atoms with Gasteiger partial charge in [0, 0.05) is 31.9 Å². The number of benzene rings is 1. The zero-order chi connectivity index (χ0) is 16.1. The van der Waals surface area contributed by atoms with Crippen molar-refractivity contribution in [1.82, 2.24) is 14.8 Å². The number of aromatic amines is 1. The number of nitrogens with zero attached hydrogens (tertiary/aromatic N) is 2. The molecule has 1 amide bonds. The van der Waals surface area contributed by atoms with Crippen LogP contribution in [0, 0.1) is 0 Å². The number of H-pyrrole nitrogens is 1. The van der Waals surface area contributed by atoms with Gasteiger partial charge in [0.05, 0.1) is 0 Å². The van der Waals surface area contributed by atoms with E-state index in [1.807, 2.05) is 17.0 Å². The second-order valence-electron chi connectivity index (χ2n) is 6.35. The molecule has 4 heteroatoms. The van der Waals surface area contributed by atoms with Crippen LogP contribution in [0.15, 0.2) is 48.7 Å². The highest BCUT2D eigenvalue weighted by atomic mass is 16.2. The van der Waals surface area contributed by atoms with Gasteiger partial charge in [-0.1, -0.05) is 30.3 Å². The van der Waals surface area contributed by atoms with E-state index in [1.54, 1.807) is 6.20 Å². The lowest BCUT2D eigenvalue weighted by Gasteiger charge is -2.37. The van der Waals surface area contributed by atoms with Gasteiger partial charge in [0.15, 0.2) is 0 Å². The third kappa shape index (κ3) is 4.02. The molecule has 1 atom stereocenters. The molecule has 3 rings (SSSR count). The number of hydrogen-bond acceptors (Lipinski definition) is 2. The second-order valence-corrected chi connectivity index (χ2v) is 6.35. The van der Waals surface area contributed by atoms with Crippen LogP contribution in [0.1, 0.15) is 28.9 Å². The number of aromatic nitrogens is 1. The number of carbonyl (C=O) groups is 1. The van der Waals surface area contributed by atoms with Gasteiger partial charge in [0.2, 0.25) is 0 Å². The highest BCUT2D eigenvalue weighted by molar-refractivity contribution is 5.92. The standard InChI is InChI=1S/C19H25N3O/c1-21(14-11-16-7-3-2-4-8-16)17-9-6-13-22(15-17)19(23)18-10-5-12-20-18/h2-5,7-8,10,12,17,20H,6,9,11,13-15H2,1H3. The lowest BCUT2D eigenvalue weighted by atomic mass is 10.0. The maximum Gasteiger partial charge on any atom is 0.270 e. The van der Waals surface area contributed by atoms with Gasteiger partial charge < -0.3 is 14.8 Å². The summed E-state index contributed by atoms with van der Waals surface area (Å²) in [5.41, 5.74) is 2.06. The van der Waals surface area contributed by atoms with Crippen LogP contribution in [0.3, 0.4) is 0 Å². The SMILES string of the molecule is CN(CCc1ccccc1)C1CCCN(C(=O)c2ccc[nH]2)C1. The van der Waals surface area contributed by atoms with E-state index in [2.05, 4.69) is 47.3 Å². The van der Waals surface area contributed by atoms with Gasteiger partial charge in [-0.15, -0.1) is 0 Å². The minimum absolute atomic E-state index is 0.121. The van der Waals surface area contributed by atoms with E-state index < -0.39 is 0 Å². The van der Waals surface area contributed by atoms with E-state index in [-0.39, 0.29) is 5.91 Å². The Bertz CT molecular complexity index is 609. The molecule has 0 bridgehead atoms. The highest BCUT2D eigenvalue weighted by Gasteiger charge is 2.26. The zero-order valence-electron chi connectivity index (χ0n) is 13.7. The van der Waals surface area contributed by atoms with Crippen LogP contribution in [-0.2, 0) is 6.42 Å². The van der Waals surface area contributed by atoms with E-state index in [0.717, 1.165) is 32.5 Å². The first-order valence-electron chi connectivity index (χ1n) is 8.41. The normalized spacial score (nSPS) is 18.3. The van der Waals surface area contributed by atoms with Gasteiger partial charge in [0.1, 0.15) is 5.69 Å². The maximum absolute atomic E-state index is 12.5. The number of hydrogen-bond donors (Lipinski definition) is 1. The number of amides is 1. The molecule has 1 N–H and O–H groups in total. The predicted octanol–water partition coefficient (Wildman–Crippen LogP) is 2.79. The minimum atomic E-state index is 0.121. The number of nitrogens with one attached hydrogen (secondary N) is 1. The molecule has 2 heterocycles. The van der Waals surface area contributed by atoms with Crippen molar-refractivity contribution in [2.75, 3.05) is 26.7 Å². The summed E-state index contributed by atoms with van der Waals surface area (Å²) in [7, 11) is 2.18. The first kappa shape index (κ1) is 15.8. The molecule has 1 aliphatic heterocycles. The Balaban J connectivity index is 1.54. The molecule has 1 saturated heterocycles. The summed E-state index contributed by atoms with van der Waals surface area (Å²) in [5, 5.41) is 0. The summed E-state index contributed by atoms with van der Waals surface area (Å²) in [6.45, 7) is 2.71. The average molecular weight is 311 g/mol. The number of rotatable bonds is 5. The maximum atomic E-state index is 12.5. The molecule has 1 unspecified atom stereocenters. The van der Waals surface area contributed by atoms with E-state index in [1.165, 1.54) is 12.0 Å². The Morgan fingerprint density at radius 3 is 2.83 bits per heavy atom. The summed E-state index contributed by atoms with van der Waals surface area (Å²) in [5.74, 6) is 0.121. The van der Waals surface area contributed by atoms with Crippen LogP contribution in [-0.4, -0.2) is 53.4 Å². The summed E-state index contributed by atoms with van der Waals surface area (Å²) in [4.78, 5) is 19.9. The van der Waals surface area contributed by atoms with Crippen molar-refractivity contribution in [1.29, 1.82) is 0 Å². The van der Waals surface area contributed by atoms with E-state index in [4.69, 9.17) is 0 Å². The Morgan fingerprint density at radius 2 is 2.09 bits per heavy atom. The van der Waals surface area contributed by atoms with Gasteiger partial charge in [-0.05, 0) is 44.0 Å². The van der Waals surface area contributed by atoms with E-state index >= 15 is 0 Å². The van der Waals surface area contributed by atoms with Crippen LogP contribution < -0.4 is 0 Å². The molecule has 0 radical (unpaired) electrons. The predicted molar refractivity (Wildman–Crippen MR) is 92.5 cm³/mol. The van der Waals surface area contributed by atoms with Crippen molar-refractivity contribution >= 4 is 5.91 Å². The topological polar surface area (TPSA) is 39.3 Å². The fourth-order valence-electron chi connectivity index (χ4n) is 3.27. The molecule has 0 aliphatic carbocycles. The molecule has 122 valence electrons. The largest absolute Gasteiger partial charge is 0.357 e. The Hall–Kier alpha value is -2.07. The lowest BCUT2D eigenvalue weighted by molar-refractivity contribution is 0.0606. The lowest BCUT2D eigenvalue weighted by Crippen LogP contribution is -2.49. The molecule has 1 fully saturated rings. The summed E-state index contributed by atoms with van der Waals surface area (Å²) in [6.07, 6.45) is 5.10. The number of carbonyl (C=O) groups excluding carboxylic acids is 1. The van der Waals surface area contributed by atoms with Crippen molar-refractivity contribution in [3.05, 3.63) is 59.9 Å². The molecular weight excluding hydrogens is 286 g/mol. The molecular formula is C19H25N3O. The van der Waals surface area contributed by atoms with Crippen LogP contribution in [0.25, 0.3) is 0 Å².